The normalized spacial score (nSPS) is 11.5. The highest BCUT2D eigenvalue weighted by Gasteiger charge is 2.23. The number of thiophene rings is 1. The molecule has 0 spiro atoms. The molecule has 0 atom stereocenters. The predicted molar refractivity (Wildman–Crippen MR) is 81.1 cm³/mol. The molecule has 0 fully saturated rings. The standard InChI is InChI=1S/C14H15NO4S2/c1-2-10-3-5-11(6-4-10)9-15-21(18,19)12-7-8-20-13(12)14(16)17/h3-8,15H,2,9H2,1H3,(H,16,17). The lowest BCUT2D eigenvalue weighted by Crippen LogP contribution is -2.24. The summed E-state index contributed by atoms with van der Waals surface area (Å²) in [6.07, 6.45) is 0.920. The van der Waals surface area contributed by atoms with Gasteiger partial charge in [0.05, 0.1) is 0 Å². The molecule has 1 heterocycles. The number of hydrogen-bond donors (Lipinski definition) is 2. The van der Waals surface area contributed by atoms with Crippen LogP contribution < -0.4 is 4.72 Å². The smallest absolute Gasteiger partial charge is 0.347 e. The van der Waals surface area contributed by atoms with E-state index in [0.717, 1.165) is 23.3 Å². The zero-order chi connectivity index (χ0) is 15.5. The van der Waals surface area contributed by atoms with Crippen molar-refractivity contribution in [2.45, 2.75) is 24.8 Å². The SMILES string of the molecule is CCc1ccc(CNS(=O)(=O)c2ccsc2C(=O)O)cc1. The number of benzene rings is 1. The molecule has 2 rings (SSSR count). The van der Waals surface area contributed by atoms with Crippen molar-refractivity contribution in [2.75, 3.05) is 0 Å². The third-order valence-corrected chi connectivity index (χ3v) is 5.49. The van der Waals surface area contributed by atoms with E-state index in [-0.39, 0.29) is 16.3 Å². The summed E-state index contributed by atoms with van der Waals surface area (Å²) in [6.45, 7) is 2.17. The number of rotatable bonds is 6. The van der Waals surface area contributed by atoms with Crippen LogP contribution in [0.4, 0.5) is 0 Å². The first-order valence-corrected chi connectivity index (χ1v) is 8.68. The highest BCUT2D eigenvalue weighted by molar-refractivity contribution is 7.89. The van der Waals surface area contributed by atoms with Gasteiger partial charge < -0.3 is 5.11 Å². The molecule has 112 valence electrons. The van der Waals surface area contributed by atoms with Gasteiger partial charge in [-0.15, -0.1) is 11.3 Å². The minimum atomic E-state index is -3.83. The molecular formula is C14H15NO4S2. The van der Waals surface area contributed by atoms with Crippen LogP contribution in [0.2, 0.25) is 0 Å². The van der Waals surface area contributed by atoms with Gasteiger partial charge in [0.25, 0.3) is 0 Å². The first kappa shape index (κ1) is 15.7. The van der Waals surface area contributed by atoms with Gasteiger partial charge in [0.15, 0.2) is 0 Å². The third-order valence-electron chi connectivity index (χ3n) is 3.01. The number of nitrogens with one attached hydrogen (secondary N) is 1. The molecule has 7 heteroatoms. The molecule has 0 unspecified atom stereocenters. The highest BCUT2D eigenvalue weighted by atomic mass is 32.2. The summed E-state index contributed by atoms with van der Waals surface area (Å²) in [5.74, 6) is -1.24. The lowest BCUT2D eigenvalue weighted by atomic mass is 10.1. The second kappa shape index (κ2) is 6.38. The van der Waals surface area contributed by atoms with Gasteiger partial charge in [0.1, 0.15) is 9.77 Å². The van der Waals surface area contributed by atoms with E-state index in [4.69, 9.17) is 5.11 Å². The van der Waals surface area contributed by atoms with Crippen molar-refractivity contribution in [1.82, 2.24) is 4.72 Å². The maximum Gasteiger partial charge on any atom is 0.347 e. The molecule has 21 heavy (non-hydrogen) atoms. The lowest BCUT2D eigenvalue weighted by Gasteiger charge is -2.07. The molecule has 0 aliphatic heterocycles. The summed E-state index contributed by atoms with van der Waals surface area (Å²) < 4.78 is 26.7. The Labute approximate surface area is 127 Å². The number of aryl methyl sites for hydroxylation is 1. The van der Waals surface area contributed by atoms with Crippen LogP contribution in [0.1, 0.15) is 27.7 Å². The summed E-state index contributed by atoms with van der Waals surface area (Å²) in [7, 11) is -3.83. The first-order chi connectivity index (χ1) is 9.94. The topological polar surface area (TPSA) is 83.5 Å². The Morgan fingerprint density at radius 2 is 1.81 bits per heavy atom. The maximum atomic E-state index is 12.1. The van der Waals surface area contributed by atoms with Gasteiger partial charge in [-0.3, -0.25) is 0 Å². The molecule has 0 saturated carbocycles. The summed E-state index contributed by atoms with van der Waals surface area (Å²) in [5, 5.41) is 10.4. The van der Waals surface area contributed by atoms with Crippen LogP contribution in [0, 0.1) is 0 Å². The van der Waals surface area contributed by atoms with Crippen LogP contribution >= 0.6 is 11.3 Å². The minimum Gasteiger partial charge on any atom is -0.477 e. The van der Waals surface area contributed by atoms with Gasteiger partial charge in [0, 0.05) is 6.54 Å². The monoisotopic (exact) mass is 325 g/mol. The number of hydrogen-bond acceptors (Lipinski definition) is 4. The number of carbonyl (C=O) groups is 1. The number of aromatic carboxylic acids is 1. The van der Waals surface area contributed by atoms with Crippen LogP contribution in [-0.4, -0.2) is 19.5 Å². The third kappa shape index (κ3) is 3.69. The van der Waals surface area contributed by atoms with Crippen LogP contribution in [0.15, 0.2) is 40.6 Å². The summed E-state index contributed by atoms with van der Waals surface area (Å²) >= 11 is 0.892. The number of carboxylic acid groups (broad SMARTS) is 1. The van der Waals surface area contributed by atoms with E-state index in [0.29, 0.717) is 0 Å². The van der Waals surface area contributed by atoms with Gasteiger partial charge in [0.2, 0.25) is 10.0 Å². The largest absolute Gasteiger partial charge is 0.477 e. The summed E-state index contributed by atoms with van der Waals surface area (Å²) in [4.78, 5) is 10.6. The van der Waals surface area contributed by atoms with Crippen molar-refractivity contribution in [3.05, 3.63) is 51.7 Å². The van der Waals surface area contributed by atoms with Crippen molar-refractivity contribution < 1.29 is 18.3 Å². The van der Waals surface area contributed by atoms with Gasteiger partial charge in [-0.05, 0) is 29.0 Å². The predicted octanol–water partition coefficient (Wildman–Crippen LogP) is 2.49. The Hall–Kier alpha value is -1.70. The molecule has 1 aromatic carbocycles. The number of sulfonamides is 1. The Morgan fingerprint density at radius 1 is 1.19 bits per heavy atom. The van der Waals surface area contributed by atoms with E-state index in [1.807, 2.05) is 31.2 Å². The van der Waals surface area contributed by atoms with Crippen LogP contribution in [-0.2, 0) is 23.0 Å². The van der Waals surface area contributed by atoms with Crippen molar-refractivity contribution in [2.24, 2.45) is 0 Å². The number of carboxylic acids is 1. The van der Waals surface area contributed by atoms with E-state index in [1.165, 1.54) is 17.0 Å². The molecule has 2 N–H and O–H groups in total. The van der Waals surface area contributed by atoms with E-state index >= 15 is 0 Å². The molecule has 1 aromatic heterocycles. The molecule has 5 nitrogen and oxygen atoms in total. The molecule has 0 radical (unpaired) electrons. The molecule has 0 bridgehead atoms. The van der Waals surface area contributed by atoms with Crippen molar-refractivity contribution >= 4 is 27.3 Å². The fraction of sp³-hybridized carbons (Fsp3) is 0.214. The molecule has 2 aromatic rings. The summed E-state index contributed by atoms with van der Waals surface area (Å²) in [5.41, 5.74) is 2.00. The average molecular weight is 325 g/mol. The zero-order valence-corrected chi connectivity index (χ0v) is 13.0. The van der Waals surface area contributed by atoms with Gasteiger partial charge in [-0.2, -0.15) is 0 Å². The average Bonchev–Trinajstić information content (AvgIpc) is 2.96. The maximum absolute atomic E-state index is 12.1. The summed E-state index contributed by atoms with van der Waals surface area (Å²) in [6, 6.07) is 8.89. The second-order valence-corrected chi connectivity index (χ2v) is 7.07. The van der Waals surface area contributed by atoms with Gasteiger partial charge >= 0.3 is 5.97 Å². The van der Waals surface area contributed by atoms with Gasteiger partial charge in [-0.25, -0.2) is 17.9 Å². The van der Waals surface area contributed by atoms with Crippen molar-refractivity contribution in [3.63, 3.8) is 0 Å². The molecule has 0 aliphatic carbocycles. The molecular weight excluding hydrogens is 310 g/mol. The van der Waals surface area contributed by atoms with E-state index in [9.17, 15) is 13.2 Å². The Kier molecular flexibility index (Phi) is 4.76. The Bertz CT molecular complexity index is 733. The van der Waals surface area contributed by atoms with Crippen LogP contribution in [0.25, 0.3) is 0 Å². The highest BCUT2D eigenvalue weighted by Crippen LogP contribution is 2.22. The quantitative estimate of drug-likeness (QED) is 0.854. The fourth-order valence-electron chi connectivity index (χ4n) is 1.81. The van der Waals surface area contributed by atoms with E-state index in [1.54, 1.807) is 0 Å². The molecule has 0 amide bonds. The first-order valence-electron chi connectivity index (χ1n) is 6.32. The minimum absolute atomic E-state index is 0.126. The van der Waals surface area contributed by atoms with E-state index in [2.05, 4.69) is 4.72 Å². The van der Waals surface area contributed by atoms with Crippen molar-refractivity contribution in [3.8, 4) is 0 Å². The second-order valence-electron chi connectivity index (χ2n) is 4.41. The Balaban J connectivity index is 2.14. The zero-order valence-electron chi connectivity index (χ0n) is 11.4. The molecule has 0 aliphatic rings. The van der Waals surface area contributed by atoms with E-state index < -0.39 is 16.0 Å². The van der Waals surface area contributed by atoms with Crippen molar-refractivity contribution in [1.29, 1.82) is 0 Å². The van der Waals surface area contributed by atoms with Gasteiger partial charge in [-0.1, -0.05) is 31.2 Å². The lowest BCUT2D eigenvalue weighted by molar-refractivity contribution is 0.0698. The van der Waals surface area contributed by atoms with Crippen LogP contribution in [0.5, 0.6) is 0 Å². The molecule has 0 saturated heterocycles. The van der Waals surface area contributed by atoms with Crippen LogP contribution in [0.3, 0.4) is 0 Å². The fourth-order valence-corrected chi connectivity index (χ4v) is 4.09. The Morgan fingerprint density at radius 3 is 2.38 bits per heavy atom.